The summed E-state index contributed by atoms with van der Waals surface area (Å²) in [7, 11) is 0. The molecule has 0 bridgehead atoms. The second kappa shape index (κ2) is 11.9. The molecule has 0 atom stereocenters. The molecule has 0 fully saturated rings. The van der Waals surface area contributed by atoms with E-state index >= 15 is 0 Å². The number of aromatic nitrogens is 1. The van der Waals surface area contributed by atoms with Gasteiger partial charge < -0.3 is 19.5 Å². The topological polar surface area (TPSA) is 52.6 Å². The van der Waals surface area contributed by atoms with Gasteiger partial charge in [-0.1, -0.05) is 39.7 Å². The largest absolute Gasteiger partial charge is 0.490 e. The van der Waals surface area contributed by atoms with Crippen molar-refractivity contribution in [3.63, 3.8) is 0 Å². The molecule has 1 heterocycles. The molecule has 0 amide bonds. The van der Waals surface area contributed by atoms with E-state index < -0.39 is 0 Å². The highest BCUT2D eigenvalue weighted by molar-refractivity contribution is 9.10. The summed E-state index contributed by atoms with van der Waals surface area (Å²) in [6.07, 6.45) is 1.70. The summed E-state index contributed by atoms with van der Waals surface area (Å²) >= 11 is 9.69. The van der Waals surface area contributed by atoms with E-state index in [2.05, 4.69) is 26.2 Å². The fourth-order valence-electron chi connectivity index (χ4n) is 2.77. The van der Waals surface area contributed by atoms with Crippen LogP contribution in [0.2, 0.25) is 5.02 Å². The number of rotatable bonds is 11. The number of nitrogens with one attached hydrogen (secondary N) is 1. The molecule has 31 heavy (non-hydrogen) atoms. The number of ether oxygens (including phenoxy) is 3. The third-order valence-electron chi connectivity index (χ3n) is 4.29. The zero-order valence-electron chi connectivity index (χ0n) is 17.0. The zero-order chi connectivity index (χ0) is 22.1. The van der Waals surface area contributed by atoms with E-state index in [1.54, 1.807) is 12.3 Å². The minimum Gasteiger partial charge on any atom is -0.490 e. The highest BCUT2D eigenvalue weighted by Gasteiger charge is 2.12. The molecule has 5 nitrogen and oxygen atoms in total. The van der Waals surface area contributed by atoms with Gasteiger partial charge in [-0.05, 0) is 42.8 Å². The fourth-order valence-corrected chi connectivity index (χ4v) is 3.46. The molecule has 0 unspecified atom stereocenters. The molecule has 0 saturated carbocycles. The quantitative estimate of drug-likeness (QED) is 0.332. The summed E-state index contributed by atoms with van der Waals surface area (Å²) in [6, 6.07) is 13.6. The summed E-state index contributed by atoms with van der Waals surface area (Å²) in [5, 5.41) is 3.66. The average molecular weight is 510 g/mol. The number of nitrogens with zero attached hydrogens (tertiary/aromatic N) is 1. The van der Waals surface area contributed by atoms with Crippen molar-refractivity contribution in [1.29, 1.82) is 0 Å². The first-order valence-corrected chi connectivity index (χ1v) is 11.0. The van der Waals surface area contributed by atoms with Crippen molar-refractivity contribution in [2.75, 3.05) is 19.8 Å². The maximum atomic E-state index is 13.2. The number of pyridine rings is 1. The number of halogens is 3. The lowest BCUT2D eigenvalue weighted by Crippen LogP contribution is -2.21. The van der Waals surface area contributed by atoms with E-state index in [-0.39, 0.29) is 12.4 Å². The maximum Gasteiger partial charge on any atom is 0.213 e. The molecule has 0 aliphatic heterocycles. The number of hydrogen-bond donors (Lipinski definition) is 1. The first-order chi connectivity index (χ1) is 15.1. The molecule has 3 aromatic rings. The lowest BCUT2D eigenvalue weighted by Gasteiger charge is -2.16. The van der Waals surface area contributed by atoms with E-state index in [4.69, 9.17) is 25.8 Å². The van der Waals surface area contributed by atoms with Crippen molar-refractivity contribution in [2.24, 2.45) is 0 Å². The fraction of sp³-hybridized carbons (Fsp3) is 0.261. The van der Waals surface area contributed by atoms with Crippen LogP contribution in [0, 0.1) is 5.82 Å². The van der Waals surface area contributed by atoms with Crippen LogP contribution in [0.5, 0.6) is 17.4 Å². The Kier molecular flexibility index (Phi) is 8.94. The molecule has 2 aromatic carbocycles. The van der Waals surface area contributed by atoms with Crippen molar-refractivity contribution in [2.45, 2.75) is 20.1 Å². The molecule has 8 heteroatoms. The molecule has 164 valence electrons. The van der Waals surface area contributed by atoms with Crippen LogP contribution in [-0.2, 0) is 13.2 Å². The van der Waals surface area contributed by atoms with Crippen LogP contribution in [0.3, 0.4) is 0 Å². The summed E-state index contributed by atoms with van der Waals surface area (Å²) in [4.78, 5) is 4.12. The summed E-state index contributed by atoms with van der Waals surface area (Å²) in [5.41, 5.74) is 1.72. The van der Waals surface area contributed by atoms with Gasteiger partial charge in [0.1, 0.15) is 19.0 Å². The summed E-state index contributed by atoms with van der Waals surface area (Å²) in [6.45, 7) is 4.40. The van der Waals surface area contributed by atoms with Gasteiger partial charge in [0.15, 0.2) is 11.5 Å². The van der Waals surface area contributed by atoms with Crippen molar-refractivity contribution in [3.8, 4) is 17.4 Å². The van der Waals surface area contributed by atoms with Crippen molar-refractivity contribution in [1.82, 2.24) is 10.3 Å². The molecule has 0 saturated heterocycles. The standard InChI is InChI=1S/C23H23BrClFN2O3/c1-2-29-21-11-17(14-27-9-10-30-23-5-3-4-8-28-23)19(24)13-22(21)31-15-16-6-7-18(26)12-20(16)25/h3-8,11-13,27H,2,9-10,14-15H2,1H3. The Balaban J connectivity index is 1.58. The van der Waals surface area contributed by atoms with Gasteiger partial charge >= 0.3 is 0 Å². The van der Waals surface area contributed by atoms with Crippen molar-refractivity contribution < 1.29 is 18.6 Å². The van der Waals surface area contributed by atoms with Crippen LogP contribution >= 0.6 is 27.5 Å². The average Bonchev–Trinajstić information content (AvgIpc) is 2.76. The number of benzene rings is 2. The Hall–Kier alpha value is -2.35. The van der Waals surface area contributed by atoms with E-state index in [9.17, 15) is 4.39 Å². The second-order valence-electron chi connectivity index (χ2n) is 6.54. The van der Waals surface area contributed by atoms with Gasteiger partial charge in [0.05, 0.1) is 11.6 Å². The normalized spacial score (nSPS) is 10.7. The monoisotopic (exact) mass is 508 g/mol. The third-order valence-corrected chi connectivity index (χ3v) is 5.38. The molecule has 0 radical (unpaired) electrons. The first-order valence-electron chi connectivity index (χ1n) is 9.83. The maximum absolute atomic E-state index is 13.2. The SMILES string of the molecule is CCOc1cc(CNCCOc2ccccn2)c(Br)cc1OCc1ccc(F)cc1Cl. The van der Waals surface area contributed by atoms with Gasteiger partial charge in [-0.3, -0.25) is 0 Å². The smallest absolute Gasteiger partial charge is 0.213 e. The predicted octanol–water partition coefficient (Wildman–Crippen LogP) is 5.78. The second-order valence-corrected chi connectivity index (χ2v) is 7.80. The van der Waals surface area contributed by atoms with Crippen LogP contribution in [0.4, 0.5) is 4.39 Å². The van der Waals surface area contributed by atoms with Crippen LogP contribution in [0.15, 0.2) is 59.2 Å². The number of hydrogen-bond acceptors (Lipinski definition) is 5. The Morgan fingerprint density at radius 1 is 1.03 bits per heavy atom. The molecule has 1 aromatic heterocycles. The lowest BCUT2D eigenvalue weighted by molar-refractivity contribution is 0.268. The zero-order valence-corrected chi connectivity index (χ0v) is 19.4. The lowest BCUT2D eigenvalue weighted by atomic mass is 10.2. The van der Waals surface area contributed by atoms with Crippen LogP contribution in [0.25, 0.3) is 0 Å². The van der Waals surface area contributed by atoms with Gasteiger partial charge in [-0.2, -0.15) is 0 Å². The van der Waals surface area contributed by atoms with Gasteiger partial charge in [-0.15, -0.1) is 0 Å². The Labute approximate surface area is 194 Å². The van der Waals surface area contributed by atoms with Gasteiger partial charge in [0.2, 0.25) is 5.88 Å². The third kappa shape index (κ3) is 7.09. The molecule has 0 aliphatic carbocycles. The van der Waals surface area contributed by atoms with E-state index in [0.717, 1.165) is 10.0 Å². The van der Waals surface area contributed by atoms with Gasteiger partial charge in [0.25, 0.3) is 0 Å². The van der Waals surface area contributed by atoms with Crippen LogP contribution in [-0.4, -0.2) is 24.7 Å². The van der Waals surface area contributed by atoms with Gasteiger partial charge in [0, 0.05) is 35.4 Å². The summed E-state index contributed by atoms with van der Waals surface area (Å²) in [5.74, 6) is 1.43. The Morgan fingerprint density at radius 2 is 1.87 bits per heavy atom. The molecule has 3 rings (SSSR count). The van der Waals surface area contributed by atoms with Crippen LogP contribution < -0.4 is 19.5 Å². The first kappa shape index (κ1) is 23.3. The van der Waals surface area contributed by atoms with Crippen molar-refractivity contribution in [3.05, 3.63) is 81.2 Å². The van der Waals surface area contributed by atoms with Gasteiger partial charge in [-0.25, -0.2) is 9.37 Å². The summed E-state index contributed by atoms with van der Waals surface area (Å²) < 4.78 is 31.4. The van der Waals surface area contributed by atoms with E-state index in [1.807, 2.05) is 37.3 Å². The Bertz CT molecular complexity index is 992. The Morgan fingerprint density at radius 3 is 2.61 bits per heavy atom. The minimum absolute atomic E-state index is 0.202. The molecule has 0 spiro atoms. The minimum atomic E-state index is -0.381. The van der Waals surface area contributed by atoms with E-state index in [0.29, 0.717) is 54.3 Å². The highest BCUT2D eigenvalue weighted by Crippen LogP contribution is 2.35. The molecular formula is C23H23BrClFN2O3. The van der Waals surface area contributed by atoms with E-state index in [1.165, 1.54) is 12.1 Å². The van der Waals surface area contributed by atoms with Crippen LogP contribution in [0.1, 0.15) is 18.1 Å². The molecule has 0 aliphatic rings. The highest BCUT2D eigenvalue weighted by atomic mass is 79.9. The predicted molar refractivity (Wildman–Crippen MR) is 122 cm³/mol. The van der Waals surface area contributed by atoms with Crippen molar-refractivity contribution >= 4 is 27.5 Å². The molecule has 1 N–H and O–H groups in total. The molecular weight excluding hydrogens is 487 g/mol.